The van der Waals surface area contributed by atoms with E-state index in [0.29, 0.717) is 5.96 Å². The van der Waals surface area contributed by atoms with Crippen LogP contribution in [0.25, 0.3) is 0 Å². The van der Waals surface area contributed by atoms with Crippen LogP contribution >= 0.6 is 0 Å². The lowest BCUT2D eigenvalue weighted by atomic mass is 10.2. The molecule has 0 aliphatic carbocycles. The lowest BCUT2D eigenvalue weighted by molar-refractivity contribution is 0.522. The molecule has 0 radical (unpaired) electrons. The highest BCUT2D eigenvalue weighted by Gasteiger charge is 2.00. The van der Waals surface area contributed by atoms with Gasteiger partial charge < -0.3 is 16.0 Å². The highest BCUT2D eigenvalue weighted by Crippen LogP contribution is 1.97. The van der Waals surface area contributed by atoms with Crippen molar-refractivity contribution in [3.63, 3.8) is 0 Å². The molecule has 0 spiro atoms. The molecule has 4 N–H and O–H groups in total. The summed E-state index contributed by atoms with van der Waals surface area (Å²) in [5.41, 5.74) is 6.71. The molecule has 0 aromatic rings. The molecule has 17 heavy (non-hydrogen) atoms. The first-order valence-corrected chi connectivity index (χ1v) is 6.45. The Bertz CT molecular complexity index is 232. The summed E-state index contributed by atoms with van der Waals surface area (Å²) in [7, 11) is 1.93. The van der Waals surface area contributed by atoms with Crippen LogP contribution in [0.2, 0.25) is 0 Å². The summed E-state index contributed by atoms with van der Waals surface area (Å²) < 4.78 is 0. The van der Waals surface area contributed by atoms with Gasteiger partial charge in [-0.2, -0.15) is 0 Å². The average Bonchev–Trinajstić information content (AvgIpc) is 2.30. The van der Waals surface area contributed by atoms with Crippen LogP contribution in [0.4, 0.5) is 0 Å². The number of nitrogens with one attached hydrogen (secondary N) is 2. The third-order valence-corrected chi connectivity index (χ3v) is 2.58. The van der Waals surface area contributed by atoms with Crippen LogP contribution in [0.3, 0.4) is 0 Å². The molecule has 0 saturated heterocycles. The highest BCUT2D eigenvalue weighted by atomic mass is 15.2. The van der Waals surface area contributed by atoms with Crippen molar-refractivity contribution >= 4 is 5.96 Å². The molecule has 0 aromatic heterocycles. The summed E-state index contributed by atoms with van der Waals surface area (Å²) in [4.78, 5) is 1.91. The van der Waals surface area contributed by atoms with Crippen LogP contribution in [-0.4, -0.2) is 37.5 Å². The standard InChI is InChI=1S/C13H28N4/c1-12(2)8-11-17(3)13(15)16-10-7-5-4-6-9-14/h8H,4-7,9-11,14H2,1-3H3,(H2,15,16). The first-order valence-electron chi connectivity index (χ1n) is 6.45. The van der Waals surface area contributed by atoms with E-state index in [2.05, 4.69) is 25.2 Å². The van der Waals surface area contributed by atoms with Crippen molar-refractivity contribution < 1.29 is 0 Å². The number of rotatable bonds is 8. The molecule has 0 unspecified atom stereocenters. The third-order valence-electron chi connectivity index (χ3n) is 2.58. The Morgan fingerprint density at radius 1 is 1.24 bits per heavy atom. The first-order chi connectivity index (χ1) is 8.07. The van der Waals surface area contributed by atoms with Gasteiger partial charge in [0.15, 0.2) is 5.96 Å². The Hall–Kier alpha value is -1.03. The van der Waals surface area contributed by atoms with E-state index in [9.17, 15) is 0 Å². The molecule has 0 fully saturated rings. The molecule has 0 rings (SSSR count). The molecule has 0 saturated carbocycles. The molecular formula is C13H28N4. The maximum Gasteiger partial charge on any atom is 0.191 e. The summed E-state index contributed by atoms with van der Waals surface area (Å²) >= 11 is 0. The van der Waals surface area contributed by atoms with Gasteiger partial charge in [0.05, 0.1) is 0 Å². The number of unbranched alkanes of at least 4 members (excludes halogenated alkanes) is 3. The fourth-order valence-corrected chi connectivity index (χ4v) is 1.38. The third kappa shape index (κ3) is 9.87. The van der Waals surface area contributed by atoms with Gasteiger partial charge in [-0.15, -0.1) is 0 Å². The van der Waals surface area contributed by atoms with Crippen molar-refractivity contribution in [2.75, 3.05) is 26.7 Å². The molecule has 0 atom stereocenters. The van der Waals surface area contributed by atoms with Gasteiger partial charge in [0.2, 0.25) is 0 Å². The Morgan fingerprint density at radius 3 is 2.47 bits per heavy atom. The van der Waals surface area contributed by atoms with Crippen LogP contribution in [0.15, 0.2) is 11.6 Å². The lowest BCUT2D eigenvalue weighted by Gasteiger charge is -2.19. The van der Waals surface area contributed by atoms with Gasteiger partial charge in [0.1, 0.15) is 0 Å². The van der Waals surface area contributed by atoms with E-state index in [1.165, 1.54) is 18.4 Å². The van der Waals surface area contributed by atoms with Crippen molar-refractivity contribution in [3.05, 3.63) is 11.6 Å². The largest absolute Gasteiger partial charge is 0.356 e. The zero-order chi connectivity index (χ0) is 13.1. The predicted molar refractivity (Wildman–Crippen MR) is 75.3 cm³/mol. The minimum Gasteiger partial charge on any atom is -0.356 e. The molecular weight excluding hydrogens is 212 g/mol. The van der Waals surface area contributed by atoms with Crippen molar-refractivity contribution in [2.45, 2.75) is 39.5 Å². The van der Waals surface area contributed by atoms with Gasteiger partial charge in [0.25, 0.3) is 0 Å². The predicted octanol–water partition coefficient (Wildman–Crippen LogP) is 1.93. The molecule has 4 heteroatoms. The van der Waals surface area contributed by atoms with E-state index in [-0.39, 0.29) is 0 Å². The Labute approximate surface area is 106 Å². The first kappa shape index (κ1) is 16.0. The summed E-state index contributed by atoms with van der Waals surface area (Å²) in [5, 5.41) is 11.0. The number of guanidine groups is 1. The fraction of sp³-hybridized carbons (Fsp3) is 0.769. The Kier molecular flexibility index (Phi) is 9.53. The highest BCUT2D eigenvalue weighted by molar-refractivity contribution is 5.76. The molecule has 4 nitrogen and oxygen atoms in total. The Morgan fingerprint density at radius 2 is 1.88 bits per heavy atom. The molecule has 0 aromatic carbocycles. The zero-order valence-corrected chi connectivity index (χ0v) is 11.6. The van der Waals surface area contributed by atoms with Crippen LogP contribution in [0.1, 0.15) is 39.5 Å². The molecule has 0 heterocycles. The van der Waals surface area contributed by atoms with Gasteiger partial charge in [-0.25, -0.2) is 0 Å². The molecule has 0 aliphatic rings. The van der Waals surface area contributed by atoms with E-state index in [0.717, 1.165) is 32.5 Å². The summed E-state index contributed by atoms with van der Waals surface area (Å²) in [6.07, 6.45) is 6.72. The average molecular weight is 240 g/mol. The number of allylic oxidation sites excluding steroid dienone is 1. The number of nitrogens with zero attached hydrogens (tertiary/aromatic N) is 1. The number of hydrogen-bond acceptors (Lipinski definition) is 2. The molecule has 0 bridgehead atoms. The molecule has 0 aliphatic heterocycles. The van der Waals surface area contributed by atoms with Crippen LogP contribution in [-0.2, 0) is 0 Å². The van der Waals surface area contributed by atoms with E-state index in [1.807, 2.05) is 11.9 Å². The number of likely N-dealkylation sites (N-methyl/N-ethyl adjacent to an activating group) is 1. The van der Waals surface area contributed by atoms with Crippen LogP contribution in [0, 0.1) is 5.41 Å². The van der Waals surface area contributed by atoms with E-state index in [1.54, 1.807) is 0 Å². The van der Waals surface area contributed by atoms with Crippen molar-refractivity contribution in [1.29, 1.82) is 5.41 Å². The maximum atomic E-state index is 7.82. The van der Waals surface area contributed by atoms with Gasteiger partial charge in [-0.3, -0.25) is 5.41 Å². The second-order valence-electron chi connectivity index (χ2n) is 4.64. The SMILES string of the molecule is CC(C)=CCN(C)C(=N)NCCCCCCN. The van der Waals surface area contributed by atoms with E-state index < -0.39 is 0 Å². The minimum atomic E-state index is 0.501. The van der Waals surface area contributed by atoms with Crippen LogP contribution in [0.5, 0.6) is 0 Å². The topological polar surface area (TPSA) is 65.1 Å². The monoisotopic (exact) mass is 240 g/mol. The number of hydrogen-bond donors (Lipinski definition) is 3. The van der Waals surface area contributed by atoms with Crippen molar-refractivity contribution in [3.8, 4) is 0 Å². The Balaban J connectivity index is 3.54. The second kappa shape index (κ2) is 10.1. The van der Waals surface area contributed by atoms with E-state index >= 15 is 0 Å². The minimum absolute atomic E-state index is 0.501. The number of nitrogens with two attached hydrogens (primary N) is 1. The van der Waals surface area contributed by atoms with Gasteiger partial charge >= 0.3 is 0 Å². The van der Waals surface area contributed by atoms with Crippen molar-refractivity contribution in [2.24, 2.45) is 5.73 Å². The lowest BCUT2D eigenvalue weighted by Crippen LogP contribution is -2.38. The fourth-order valence-electron chi connectivity index (χ4n) is 1.38. The van der Waals surface area contributed by atoms with Gasteiger partial charge in [-0.1, -0.05) is 24.5 Å². The second-order valence-corrected chi connectivity index (χ2v) is 4.64. The van der Waals surface area contributed by atoms with Gasteiger partial charge in [0, 0.05) is 20.1 Å². The summed E-state index contributed by atoms with van der Waals surface area (Å²) in [6.45, 7) is 6.60. The zero-order valence-electron chi connectivity index (χ0n) is 11.6. The quantitative estimate of drug-likeness (QED) is 0.263. The molecule has 0 amide bonds. The smallest absolute Gasteiger partial charge is 0.191 e. The maximum absolute atomic E-state index is 7.82. The van der Waals surface area contributed by atoms with Crippen molar-refractivity contribution in [1.82, 2.24) is 10.2 Å². The summed E-state index contributed by atoms with van der Waals surface area (Å²) in [6, 6.07) is 0. The van der Waals surface area contributed by atoms with Gasteiger partial charge in [-0.05, 0) is 33.2 Å². The van der Waals surface area contributed by atoms with E-state index in [4.69, 9.17) is 11.1 Å². The normalized spacial score (nSPS) is 9.88. The summed E-state index contributed by atoms with van der Waals surface area (Å²) in [5.74, 6) is 0.501. The van der Waals surface area contributed by atoms with Crippen LogP contribution < -0.4 is 11.1 Å². The molecule has 100 valence electrons.